The first-order chi connectivity index (χ1) is 8.62. The van der Waals surface area contributed by atoms with Crippen LogP contribution in [0.5, 0.6) is 0 Å². The van der Waals surface area contributed by atoms with Crippen molar-refractivity contribution in [2.24, 2.45) is 0 Å². The second-order valence-corrected chi connectivity index (χ2v) is 3.93. The van der Waals surface area contributed by atoms with Gasteiger partial charge in [0.05, 0.1) is 6.54 Å². The molecule has 0 saturated heterocycles. The summed E-state index contributed by atoms with van der Waals surface area (Å²) in [6.07, 6.45) is 1.49. The summed E-state index contributed by atoms with van der Waals surface area (Å²) in [5.41, 5.74) is 0. The fraction of sp³-hybridized carbons (Fsp3) is 0.583. The third kappa shape index (κ3) is 3.58. The molecule has 1 amide bonds. The molecule has 0 aromatic carbocycles. The van der Waals surface area contributed by atoms with Crippen molar-refractivity contribution in [3.63, 3.8) is 0 Å². The molecule has 6 nitrogen and oxygen atoms in total. The van der Waals surface area contributed by atoms with Crippen LogP contribution in [0.25, 0.3) is 0 Å². The first-order valence-corrected chi connectivity index (χ1v) is 6.11. The van der Waals surface area contributed by atoms with Gasteiger partial charge in [0.1, 0.15) is 18.0 Å². The standard InChI is InChI=1S/C12H21N5O/c1-5-17(6-2)12(18)8-16(4)11-7-10(13-3)14-9-15-11/h7,9H,5-6,8H2,1-4H3,(H,13,14,15). The van der Waals surface area contributed by atoms with Gasteiger partial charge in [-0.25, -0.2) is 9.97 Å². The lowest BCUT2D eigenvalue weighted by molar-refractivity contribution is -0.129. The zero-order chi connectivity index (χ0) is 13.5. The van der Waals surface area contributed by atoms with Crippen molar-refractivity contribution in [3.8, 4) is 0 Å². The van der Waals surface area contributed by atoms with E-state index in [4.69, 9.17) is 0 Å². The molecule has 0 fully saturated rings. The lowest BCUT2D eigenvalue weighted by atomic mass is 10.4. The molecule has 1 rings (SSSR count). The van der Waals surface area contributed by atoms with E-state index in [1.54, 1.807) is 11.9 Å². The number of anilines is 2. The molecule has 1 aromatic rings. The molecule has 0 saturated carbocycles. The molecule has 1 N–H and O–H groups in total. The van der Waals surface area contributed by atoms with Crippen LogP contribution in [0.15, 0.2) is 12.4 Å². The summed E-state index contributed by atoms with van der Waals surface area (Å²) in [6, 6.07) is 1.81. The van der Waals surface area contributed by atoms with Crippen LogP contribution in [0.2, 0.25) is 0 Å². The fourth-order valence-corrected chi connectivity index (χ4v) is 1.65. The number of carbonyl (C=O) groups excluding carboxylic acids is 1. The molecule has 100 valence electrons. The molecular weight excluding hydrogens is 230 g/mol. The molecule has 0 aliphatic heterocycles. The first-order valence-electron chi connectivity index (χ1n) is 6.11. The predicted octanol–water partition coefficient (Wildman–Crippen LogP) is 0.823. The number of likely N-dealkylation sites (N-methyl/N-ethyl adjacent to an activating group) is 2. The van der Waals surface area contributed by atoms with Gasteiger partial charge in [0.2, 0.25) is 5.91 Å². The van der Waals surface area contributed by atoms with Crippen LogP contribution in [0.1, 0.15) is 13.8 Å². The molecule has 0 bridgehead atoms. The molecule has 6 heteroatoms. The van der Waals surface area contributed by atoms with Gasteiger partial charge < -0.3 is 15.1 Å². The molecule has 0 aliphatic rings. The van der Waals surface area contributed by atoms with Gasteiger partial charge in [-0.3, -0.25) is 4.79 Å². The lowest BCUT2D eigenvalue weighted by Gasteiger charge is -2.23. The molecule has 0 aliphatic carbocycles. The Morgan fingerprint density at radius 3 is 2.56 bits per heavy atom. The highest BCUT2D eigenvalue weighted by atomic mass is 16.2. The second-order valence-electron chi connectivity index (χ2n) is 3.93. The number of rotatable bonds is 6. The maximum atomic E-state index is 12.0. The van der Waals surface area contributed by atoms with Crippen molar-refractivity contribution in [2.75, 3.05) is 43.9 Å². The number of hydrogen-bond donors (Lipinski definition) is 1. The highest BCUT2D eigenvalue weighted by Gasteiger charge is 2.13. The summed E-state index contributed by atoms with van der Waals surface area (Å²) in [7, 11) is 3.65. The Morgan fingerprint density at radius 1 is 1.33 bits per heavy atom. The zero-order valence-electron chi connectivity index (χ0n) is 11.5. The summed E-state index contributed by atoms with van der Waals surface area (Å²) < 4.78 is 0. The van der Waals surface area contributed by atoms with Crippen molar-refractivity contribution in [3.05, 3.63) is 12.4 Å². The number of nitrogens with one attached hydrogen (secondary N) is 1. The maximum Gasteiger partial charge on any atom is 0.242 e. The zero-order valence-corrected chi connectivity index (χ0v) is 11.5. The van der Waals surface area contributed by atoms with Gasteiger partial charge in [-0.2, -0.15) is 0 Å². The van der Waals surface area contributed by atoms with E-state index in [1.807, 2.05) is 31.9 Å². The monoisotopic (exact) mass is 251 g/mol. The highest BCUT2D eigenvalue weighted by Crippen LogP contribution is 2.11. The van der Waals surface area contributed by atoms with E-state index in [2.05, 4.69) is 15.3 Å². The SMILES string of the molecule is CCN(CC)C(=O)CN(C)c1cc(NC)ncn1. The summed E-state index contributed by atoms with van der Waals surface area (Å²) >= 11 is 0. The smallest absolute Gasteiger partial charge is 0.242 e. The molecular formula is C12H21N5O. The Hall–Kier alpha value is -1.85. The topological polar surface area (TPSA) is 61.4 Å². The largest absolute Gasteiger partial charge is 0.373 e. The second kappa shape index (κ2) is 6.78. The number of nitrogens with zero attached hydrogens (tertiary/aromatic N) is 4. The minimum absolute atomic E-state index is 0.104. The van der Waals surface area contributed by atoms with Crippen LogP contribution >= 0.6 is 0 Å². The molecule has 1 heterocycles. The summed E-state index contributed by atoms with van der Waals surface area (Å²) in [5, 5.41) is 2.95. The molecule has 18 heavy (non-hydrogen) atoms. The Morgan fingerprint density at radius 2 is 2.00 bits per heavy atom. The first kappa shape index (κ1) is 14.2. The molecule has 1 aromatic heterocycles. The van der Waals surface area contributed by atoms with Gasteiger partial charge in [0.25, 0.3) is 0 Å². The van der Waals surface area contributed by atoms with Crippen LogP contribution < -0.4 is 10.2 Å². The van der Waals surface area contributed by atoms with Gasteiger partial charge in [0.15, 0.2) is 0 Å². The van der Waals surface area contributed by atoms with Crippen molar-refractivity contribution in [2.45, 2.75) is 13.8 Å². The Kier molecular flexibility index (Phi) is 5.35. The number of aromatic nitrogens is 2. The number of amides is 1. The summed E-state index contributed by atoms with van der Waals surface area (Å²) in [6.45, 7) is 5.74. The minimum Gasteiger partial charge on any atom is -0.373 e. The van der Waals surface area contributed by atoms with Crippen LogP contribution in [-0.2, 0) is 4.79 Å². The summed E-state index contributed by atoms with van der Waals surface area (Å²) in [5.74, 6) is 1.57. The fourth-order valence-electron chi connectivity index (χ4n) is 1.65. The molecule has 0 atom stereocenters. The van der Waals surface area contributed by atoms with Gasteiger partial charge in [-0.15, -0.1) is 0 Å². The van der Waals surface area contributed by atoms with Crippen LogP contribution in [0.3, 0.4) is 0 Å². The third-order valence-electron chi connectivity index (χ3n) is 2.79. The van der Waals surface area contributed by atoms with Crippen LogP contribution in [-0.4, -0.2) is 54.5 Å². The van der Waals surface area contributed by atoms with Gasteiger partial charge in [-0.05, 0) is 13.8 Å². The third-order valence-corrected chi connectivity index (χ3v) is 2.79. The Bertz CT molecular complexity index is 392. The van der Waals surface area contributed by atoms with Crippen molar-refractivity contribution in [1.82, 2.24) is 14.9 Å². The maximum absolute atomic E-state index is 12.0. The van der Waals surface area contributed by atoms with E-state index in [9.17, 15) is 4.79 Å². The summed E-state index contributed by atoms with van der Waals surface area (Å²) in [4.78, 5) is 23.8. The van der Waals surface area contributed by atoms with Crippen LogP contribution in [0.4, 0.5) is 11.6 Å². The molecule has 0 radical (unpaired) electrons. The van der Waals surface area contributed by atoms with E-state index in [0.717, 1.165) is 24.7 Å². The van der Waals surface area contributed by atoms with Gasteiger partial charge >= 0.3 is 0 Å². The van der Waals surface area contributed by atoms with E-state index < -0.39 is 0 Å². The van der Waals surface area contributed by atoms with E-state index in [1.165, 1.54) is 6.33 Å². The van der Waals surface area contributed by atoms with E-state index >= 15 is 0 Å². The van der Waals surface area contributed by atoms with Gasteiger partial charge in [-0.1, -0.05) is 0 Å². The number of carbonyl (C=O) groups is 1. The van der Waals surface area contributed by atoms with Crippen molar-refractivity contribution in [1.29, 1.82) is 0 Å². The molecule has 0 unspecified atom stereocenters. The van der Waals surface area contributed by atoms with Crippen molar-refractivity contribution < 1.29 is 4.79 Å². The minimum atomic E-state index is 0.104. The van der Waals surface area contributed by atoms with Gasteiger partial charge in [0, 0.05) is 33.3 Å². The quantitative estimate of drug-likeness (QED) is 0.811. The Balaban J connectivity index is 2.69. The lowest BCUT2D eigenvalue weighted by Crippen LogP contribution is -2.39. The average Bonchev–Trinajstić information content (AvgIpc) is 2.40. The van der Waals surface area contributed by atoms with Crippen LogP contribution in [0, 0.1) is 0 Å². The average molecular weight is 251 g/mol. The number of hydrogen-bond acceptors (Lipinski definition) is 5. The van der Waals surface area contributed by atoms with E-state index in [0.29, 0.717) is 6.54 Å². The highest BCUT2D eigenvalue weighted by molar-refractivity contribution is 5.81. The van der Waals surface area contributed by atoms with Crippen molar-refractivity contribution >= 4 is 17.5 Å². The predicted molar refractivity (Wildman–Crippen MR) is 72.8 cm³/mol. The van der Waals surface area contributed by atoms with E-state index in [-0.39, 0.29) is 5.91 Å². The normalized spacial score (nSPS) is 10.0. The Labute approximate surface area is 108 Å². The molecule has 0 spiro atoms.